The van der Waals surface area contributed by atoms with Crippen LogP contribution in [0, 0.1) is 5.92 Å². The molecule has 2 unspecified atom stereocenters. The van der Waals surface area contributed by atoms with Crippen molar-refractivity contribution in [1.82, 2.24) is 9.78 Å². The van der Waals surface area contributed by atoms with Gasteiger partial charge < -0.3 is 4.74 Å². The Kier molecular flexibility index (Phi) is 4.82. The second kappa shape index (κ2) is 5.91. The maximum absolute atomic E-state index is 5.69. The third-order valence-corrected chi connectivity index (χ3v) is 2.64. The lowest BCUT2D eigenvalue weighted by Gasteiger charge is -2.26. The summed E-state index contributed by atoms with van der Waals surface area (Å²) in [6.45, 7) is 7.17. The summed E-state index contributed by atoms with van der Waals surface area (Å²) in [4.78, 5) is 0. The molecule has 1 fully saturated rings. The van der Waals surface area contributed by atoms with Gasteiger partial charge in [-0.25, -0.2) is 0 Å². The van der Waals surface area contributed by atoms with Crippen LogP contribution in [0.1, 0.15) is 45.3 Å². The summed E-state index contributed by atoms with van der Waals surface area (Å²) in [5.41, 5.74) is 1.22. The highest BCUT2D eigenvalue weighted by Gasteiger charge is 2.21. The number of hydrogen-bond acceptors (Lipinski definition) is 2. The quantitative estimate of drug-likeness (QED) is 0.712. The highest BCUT2D eigenvalue weighted by molar-refractivity contribution is 5.08. The van der Waals surface area contributed by atoms with Gasteiger partial charge in [-0.3, -0.25) is 4.68 Å². The number of ether oxygens (including phenoxy) is 1. The Morgan fingerprint density at radius 3 is 2.73 bits per heavy atom. The molecule has 1 aromatic heterocycles. The van der Waals surface area contributed by atoms with Crippen molar-refractivity contribution in [1.29, 1.82) is 0 Å². The average Bonchev–Trinajstić information content (AvgIpc) is 2.68. The highest BCUT2D eigenvalue weighted by Crippen LogP contribution is 2.30. The lowest BCUT2D eigenvalue weighted by Crippen LogP contribution is -2.17. The van der Waals surface area contributed by atoms with E-state index in [0.29, 0.717) is 0 Å². The van der Waals surface area contributed by atoms with Crippen molar-refractivity contribution < 1.29 is 4.74 Å². The molecule has 0 amide bonds. The third kappa shape index (κ3) is 3.34. The van der Waals surface area contributed by atoms with Gasteiger partial charge in [-0.2, -0.15) is 5.10 Å². The maximum Gasteiger partial charge on any atom is 0.0857 e. The molecule has 0 aromatic carbocycles. The van der Waals surface area contributed by atoms with Gasteiger partial charge in [0, 0.05) is 25.4 Å². The highest BCUT2D eigenvalue weighted by atomic mass is 16.5. The molecule has 2 rings (SSSR count). The molecule has 0 aliphatic carbocycles. The van der Waals surface area contributed by atoms with E-state index in [1.165, 1.54) is 12.0 Å². The summed E-state index contributed by atoms with van der Waals surface area (Å²) >= 11 is 0. The fourth-order valence-electron chi connectivity index (χ4n) is 1.80. The van der Waals surface area contributed by atoms with E-state index in [4.69, 9.17) is 4.74 Å². The van der Waals surface area contributed by atoms with Gasteiger partial charge in [0.15, 0.2) is 0 Å². The van der Waals surface area contributed by atoms with Crippen LogP contribution in [0.3, 0.4) is 0 Å². The monoisotopic (exact) mass is 210 g/mol. The number of hydrogen-bond donors (Lipinski definition) is 0. The maximum atomic E-state index is 5.69. The first-order valence-electron chi connectivity index (χ1n) is 5.86. The average molecular weight is 210 g/mol. The third-order valence-electron chi connectivity index (χ3n) is 2.64. The van der Waals surface area contributed by atoms with Gasteiger partial charge in [0.2, 0.25) is 0 Å². The van der Waals surface area contributed by atoms with Crippen LogP contribution in [-0.4, -0.2) is 16.4 Å². The van der Waals surface area contributed by atoms with Crippen molar-refractivity contribution in [2.24, 2.45) is 13.0 Å². The van der Waals surface area contributed by atoms with E-state index in [-0.39, 0.29) is 6.10 Å². The lowest BCUT2D eigenvalue weighted by molar-refractivity contribution is -0.00636. The molecule has 15 heavy (non-hydrogen) atoms. The van der Waals surface area contributed by atoms with Gasteiger partial charge in [-0.15, -0.1) is 0 Å². The normalized spacial score (nSPS) is 25.6. The van der Waals surface area contributed by atoms with Crippen LogP contribution in [-0.2, 0) is 11.8 Å². The molecule has 0 radical (unpaired) electrons. The standard InChI is InChI=1S/C10H16N2O.C2H6/c1-8-3-4-13-10(5-8)9-6-11-12(2)7-9;1-2/h6-8,10H,3-5H2,1-2H3;1-2H3. The molecule has 1 aliphatic rings. The minimum absolute atomic E-state index is 0.275. The second-order valence-electron chi connectivity index (χ2n) is 3.94. The van der Waals surface area contributed by atoms with Crippen molar-refractivity contribution in [3.05, 3.63) is 18.0 Å². The number of nitrogens with zero attached hydrogens (tertiary/aromatic N) is 2. The zero-order valence-electron chi connectivity index (χ0n) is 10.2. The van der Waals surface area contributed by atoms with Gasteiger partial charge in [0.25, 0.3) is 0 Å². The Bertz CT molecular complexity index is 283. The molecule has 86 valence electrons. The molecule has 0 bridgehead atoms. The second-order valence-corrected chi connectivity index (χ2v) is 3.94. The van der Waals surface area contributed by atoms with E-state index in [0.717, 1.165) is 18.9 Å². The van der Waals surface area contributed by atoms with Crippen molar-refractivity contribution in [2.45, 2.75) is 39.7 Å². The molecule has 3 nitrogen and oxygen atoms in total. The Labute approximate surface area is 92.4 Å². The summed E-state index contributed by atoms with van der Waals surface area (Å²) in [5.74, 6) is 0.777. The zero-order chi connectivity index (χ0) is 11.3. The lowest BCUT2D eigenvalue weighted by atomic mass is 9.95. The molecular weight excluding hydrogens is 188 g/mol. The number of aryl methyl sites for hydroxylation is 1. The van der Waals surface area contributed by atoms with Crippen LogP contribution in [0.5, 0.6) is 0 Å². The molecule has 3 heteroatoms. The smallest absolute Gasteiger partial charge is 0.0857 e. The SMILES string of the molecule is CC.CC1CCOC(c2cnn(C)c2)C1. The molecule has 1 aromatic rings. The molecule has 0 saturated carbocycles. The Morgan fingerprint density at radius 1 is 1.47 bits per heavy atom. The Hall–Kier alpha value is -0.830. The molecule has 1 aliphatic heterocycles. The van der Waals surface area contributed by atoms with Gasteiger partial charge in [0.05, 0.1) is 12.3 Å². The van der Waals surface area contributed by atoms with Crippen LogP contribution in [0.2, 0.25) is 0 Å². The first kappa shape index (κ1) is 12.2. The number of rotatable bonds is 1. The molecule has 0 spiro atoms. The largest absolute Gasteiger partial charge is 0.373 e. The minimum atomic E-state index is 0.275. The van der Waals surface area contributed by atoms with Crippen molar-refractivity contribution in [2.75, 3.05) is 6.61 Å². The van der Waals surface area contributed by atoms with E-state index in [1.807, 2.05) is 38.0 Å². The predicted octanol–water partition coefficient (Wildman–Crippen LogP) is 2.93. The minimum Gasteiger partial charge on any atom is -0.373 e. The molecule has 0 N–H and O–H groups in total. The number of aromatic nitrogens is 2. The molecule has 2 heterocycles. The van der Waals surface area contributed by atoms with Crippen molar-refractivity contribution in [3.63, 3.8) is 0 Å². The molecule has 2 atom stereocenters. The predicted molar refractivity (Wildman–Crippen MR) is 61.6 cm³/mol. The summed E-state index contributed by atoms with van der Waals surface area (Å²) in [6, 6.07) is 0. The molecular formula is C12H22N2O. The fraction of sp³-hybridized carbons (Fsp3) is 0.750. The van der Waals surface area contributed by atoms with Crippen molar-refractivity contribution >= 4 is 0 Å². The van der Waals surface area contributed by atoms with Crippen LogP contribution in [0.25, 0.3) is 0 Å². The Balaban J connectivity index is 0.000000531. The van der Waals surface area contributed by atoms with Gasteiger partial charge in [0.1, 0.15) is 0 Å². The van der Waals surface area contributed by atoms with E-state index in [2.05, 4.69) is 12.0 Å². The van der Waals surface area contributed by atoms with E-state index >= 15 is 0 Å². The fourth-order valence-corrected chi connectivity index (χ4v) is 1.80. The van der Waals surface area contributed by atoms with Crippen molar-refractivity contribution in [3.8, 4) is 0 Å². The first-order chi connectivity index (χ1) is 7.25. The van der Waals surface area contributed by atoms with Gasteiger partial charge in [-0.1, -0.05) is 20.8 Å². The topological polar surface area (TPSA) is 27.1 Å². The van der Waals surface area contributed by atoms with Crippen LogP contribution in [0.15, 0.2) is 12.4 Å². The van der Waals surface area contributed by atoms with E-state index < -0.39 is 0 Å². The summed E-state index contributed by atoms with van der Waals surface area (Å²) in [7, 11) is 1.94. The van der Waals surface area contributed by atoms with Crippen LogP contribution >= 0.6 is 0 Å². The van der Waals surface area contributed by atoms with Crippen LogP contribution in [0.4, 0.5) is 0 Å². The van der Waals surface area contributed by atoms with Crippen LogP contribution < -0.4 is 0 Å². The first-order valence-corrected chi connectivity index (χ1v) is 5.86. The van der Waals surface area contributed by atoms with Gasteiger partial charge >= 0.3 is 0 Å². The zero-order valence-corrected chi connectivity index (χ0v) is 10.2. The molecule has 1 saturated heterocycles. The Morgan fingerprint density at radius 2 is 2.20 bits per heavy atom. The summed E-state index contributed by atoms with van der Waals surface area (Å²) in [6.07, 6.45) is 6.55. The van der Waals surface area contributed by atoms with E-state index in [1.54, 1.807) is 0 Å². The van der Waals surface area contributed by atoms with Gasteiger partial charge in [-0.05, 0) is 18.8 Å². The summed E-state index contributed by atoms with van der Waals surface area (Å²) < 4.78 is 7.53. The summed E-state index contributed by atoms with van der Waals surface area (Å²) in [5, 5.41) is 4.15. The van der Waals surface area contributed by atoms with E-state index in [9.17, 15) is 0 Å².